The van der Waals surface area contributed by atoms with Crippen LogP contribution in [0.3, 0.4) is 0 Å². The number of piperidine rings is 3. The Morgan fingerprint density at radius 1 is 0.750 bits per heavy atom. The fraction of sp³-hybridized carbons (Fsp3) is 1.00. The predicted octanol–water partition coefficient (Wildman–Crippen LogP) is 4.91. The second-order valence-corrected chi connectivity index (χ2v) is 11.8. The standard InChI is InChI=1S/C25H47N3/c1-21(2)27-17-11-24(12-18-27)7-5-22(6-8-24)23(3,4)28-19-13-25(14-20-28)9-15-26-16-10-25/h21-22,26H,5-20H2,1-4H3. The SMILES string of the molecule is CC(C)N1CCC2(CCC(C(C)(C)N3CCC4(CCNCC4)CC3)CC2)CC1. The van der Waals surface area contributed by atoms with Crippen LogP contribution in [0.2, 0.25) is 0 Å². The van der Waals surface area contributed by atoms with Crippen LogP contribution in [0.15, 0.2) is 0 Å². The van der Waals surface area contributed by atoms with Crippen molar-refractivity contribution in [3.8, 4) is 0 Å². The second-order valence-electron chi connectivity index (χ2n) is 11.8. The topological polar surface area (TPSA) is 18.5 Å². The van der Waals surface area contributed by atoms with Crippen molar-refractivity contribution in [1.29, 1.82) is 0 Å². The number of likely N-dealkylation sites (tertiary alicyclic amines) is 2. The quantitative estimate of drug-likeness (QED) is 0.740. The molecule has 0 bridgehead atoms. The summed E-state index contributed by atoms with van der Waals surface area (Å²) in [6.45, 7) is 17.8. The second kappa shape index (κ2) is 8.19. The van der Waals surface area contributed by atoms with E-state index in [1.54, 1.807) is 0 Å². The van der Waals surface area contributed by atoms with Gasteiger partial charge in [-0.1, -0.05) is 0 Å². The van der Waals surface area contributed by atoms with Crippen LogP contribution >= 0.6 is 0 Å². The Kier molecular flexibility index (Phi) is 6.18. The summed E-state index contributed by atoms with van der Waals surface area (Å²) in [5.74, 6) is 0.906. The fourth-order valence-electron chi connectivity index (χ4n) is 7.22. The molecule has 0 aromatic heterocycles. The summed E-state index contributed by atoms with van der Waals surface area (Å²) in [6, 6.07) is 0.731. The molecule has 1 N–H and O–H groups in total. The van der Waals surface area contributed by atoms with Crippen molar-refractivity contribution < 1.29 is 0 Å². The molecule has 1 saturated carbocycles. The minimum absolute atomic E-state index is 0.398. The van der Waals surface area contributed by atoms with Gasteiger partial charge in [0.05, 0.1) is 0 Å². The van der Waals surface area contributed by atoms with E-state index in [4.69, 9.17) is 0 Å². The molecular formula is C25H47N3. The van der Waals surface area contributed by atoms with E-state index in [2.05, 4.69) is 42.8 Å². The van der Waals surface area contributed by atoms with Crippen molar-refractivity contribution in [1.82, 2.24) is 15.1 Å². The molecule has 4 rings (SSSR count). The summed E-state index contributed by atoms with van der Waals surface area (Å²) in [5, 5.41) is 3.57. The average Bonchev–Trinajstić information content (AvgIpc) is 2.70. The Hall–Kier alpha value is -0.120. The number of nitrogens with zero attached hydrogens (tertiary/aromatic N) is 2. The van der Waals surface area contributed by atoms with Gasteiger partial charge in [0.1, 0.15) is 0 Å². The zero-order chi connectivity index (χ0) is 19.8. The van der Waals surface area contributed by atoms with Crippen molar-refractivity contribution in [2.75, 3.05) is 39.3 Å². The van der Waals surface area contributed by atoms with Crippen molar-refractivity contribution in [3.05, 3.63) is 0 Å². The molecule has 3 nitrogen and oxygen atoms in total. The average molecular weight is 390 g/mol. The molecule has 4 aliphatic rings. The van der Waals surface area contributed by atoms with Gasteiger partial charge in [0.15, 0.2) is 0 Å². The van der Waals surface area contributed by atoms with E-state index in [0.29, 0.717) is 16.4 Å². The minimum Gasteiger partial charge on any atom is -0.317 e. The largest absolute Gasteiger partial charge is 0.317 e. The number of rotatable bonds is 3. The van der Waals surface area contributed by atoms with Gasteiger partial charge in [-0.2, -0.15) is 0 Å². The van der Waals surface area contributed by atoms with Crippen LogP contribution in [-0.4, -0.2) is 60.6 Å². The highest BCUT2D eigenvalue weighted by molar-refractivity contribution is 5.00. The number of hydrogen-bond donors (Lipinski definition) is 1. The van der Waals surface area contributed by atoms with Crippen LogP contribution < -0.4 is 5.32 Å². The first-order valence-electron chi connectivity index (χ1n) is 12.5. The first-order valence-corrected chi connectivity index (χ1v) is 12.5. The monoisotopic (exact) mass is 389 g/mol. The summed E-state index contributed by atoms with van der Waals surface area (Å²) >= 11 is 0. The van der Waals surface area contributed by atoms with E-state index in [0.717, 1.165) is 12.0 Å². The van der Waals surface area contributed by atoms with Crippen LogP contribution in [-0.2, 0) is 0 Å². The molecule has 4 fully saturated rings. The molecular weight excluding hydrogens is 342 g/mol. The van der Waals surface area contributed by atoms with Crippen molar-refractivity contribution in [3.63, 3.8) is 0 Å². The lowest BCUT2D eigenvalue weighted by Crippen LogP contribution is -2.56. The molecule has 0 amide bonds. The molecule has 3 aliphatic heterocycles. The van der Waals surface area contributed by atoms with Gasteiger partial charge in [0.2, 0.25) is 0 Å². The highest BCUT2D eigenvalue weighted by Gasteiger charge is 2.46. The molecule has 162 valence electrons. The van der Waals surface area contributed by atoms with E-state index >= 15 is 0 Å². The van der Waals surface area contributed by atoms with Gasteiger partial charge < -0.3 is 10.2 Å². The Morgan fingerprint density at radius 3 is 1.79 bits per heavy atom. The third kappa shape index (κ3) is 4.18. The van der Waals surface area contributed by atoms with Gasteiger partial charge in [0, 0.05) is 11.6 Å². The molecule has 3 heteroatoms. The molecule has 0 aromatic rings. The first kappa shape index (κ1) is 21.1. The van der Waals surface area contributed by atoms with E-state index in [9.17, 15) is 0 Å². The van der Waals surface area contributed by atoms with Crippen LogP contribution in [0.4, 0.5) is 0 Å². The van der Waals surface area contributed by atoms with E-state index in [1.165, 1.54) is 103 Å². The van der Waals surface area contributed by atoms with Crippen LogP contribution in [0, 0.1) is 16.7 Å². The molecule has 2 spiro atoms. The Balaban J connectivity index is 1.29. The molecule has 1 aliphatic carbocycles. The van der Waals surface area contributed by atoms with Gasteiger partial charge in [-0.05, 0) is 148 Å². The third-order valence-corrected chi connectivity index (χ3v) is 9.94. The molecule has 0 aromatic carbocycles. The smallest absolute Gasteiger partial charge is 0.0181 e. The van der Waals surface area contributed by atoms with Gasteiger partial charge in [-0.15, -0.1) is 0 Å². The van der Waals surface area contributed by atoms with Crippen LogP contribution in [0.25, 0.3) is 0 Å². The molecule has 3 saturated heterocycles. The lowest BCUT2D eigenvalue weighted by molar-refractivity contribution is -0.0380. The van der Waals surface area contributed by atoms with E-state index < -0.39 is 0 Å². The Bertz CT molecular complexity index is 492. The van der Waals surface area contributed by atoms with Gasteiger partial charge in [-0.3, -0.25) is 4.90 Å². The van der Waals surface area contributed by atoms with E-state index in [1.807, 2.05) is 0 Å². The Labute approximate surface area is 175 Å². The lowest BCUT2D eigenvalue weighted by Gasteiger charge is -2.54. The number of hydrogen-bond acceptors (Lipinski definition) is 3. The third-order valence-electron chi connectivity index (χ3n) is 9.94. The maximum atomic E-state index is 3.57. The minimum atomic E-state index is 0.398. The molecule has 28 heavy (non-hydrogen) atoms. The molecule has 0 unspecified atom stereocenters. The Morgan fingerprint density at radius 2 is 1.25 bits per heavy atom. The zero-order valence-electron chi connectivity index (χ0n) is 19.4. The van der Waals surface area contributed by atoms with Gasteiger partial charge in [0.25, 0.3) is 0 Å². The zero-order valence-corrected chi connectivity index (χ0v) is 19.4. The predicted molar refractivity (Wildman–Crippen MR) is 120 cm³/mol. The van der Waals surface area contributed by atoms with Crippen LogP contribution in [0.1, 0.15) is 91.9 Å². The maximum absolute atomic E-state index is 3.57. The summed E-state index contributed by atoms with van der Waals surface area (Å²) in [5.41, 5.74) is 1.77. The lowest BCUT2D eigenvalue weighted by atomic mass is 9.61. The van der Waals surface area contributed by atoms with Crippen molar-refractivity contribution >= 4 is 0 Å². The van der Waals surface area contributed by atoms with Crippen molar-refractivity contribution in [2.24, 2.45) is 16.7 Å². The molecule has 0 atom stereocenters. The fourth-order valence-corrected chi connectivity index (χ4v) is 7.22. The summed E-state index contributed by atoms with van der Waals surface area (Å²) in [7, 11) is 0. The highest BCUT2D eigenvalue weighted by atomic mass is 15.2. The summed E-state index contributed by atoms with van der Waals surface area (Å²) in [6.07, 6.45) is 14.6. The summed E-state index contributed by atoms with van der Waals surface area (Å²) < 4.78 is 0. The normalized spacial score (nSPS) is 30.3. The maximum Gasteiger partial charge on any atom is 0.0181 e. The highest BCUT2D eigenvalue weighted by Crippen LogP contribution is 2.50. The first-order chi connectivity index (χ1) is 13.3. The number of nitrogens with one attached hydrogen (secondary N) is 1. The van der Waals surface area contributed by atoms with Gasteiger partial charge in [-0.25, -0.2) is 0 Å². The molecule has 0 radical (unpaired) electrons. The molecule has 3 heterocycles. The van der Waals surface area contributed by atoms with E-state index in [-0.39, 0.29) is 0 Å². The summed E-state index contributed by atoms with van der Waals surface area (Å²) in [4.78, 5) is 5.59. The van der Waals surface area contributed by atoms with Crippen LogP contribution in [0.5, 0.6) is 0 Å². The van der Waals surface area contributed by atoms with Crippen molar-refractivity contribution in [2.45, 2.75) is 103 Å². The van der Waals surface area contributed by atoms with Gasteiger partial charge >= 0.3 is 0 Å².